The molecule has 30 heavy (non-hydrogen) atoms. The number of carbonyl (C=O) groups is 3. The van der Waals surface area contributed by atoms with E-state index in [1.165, 1.54) is 13.2 Å². The van der Waals surface area contributed by atoms with Gasteiger partial charge < -0.3 is 19.8 Å². The normalized spacial score (nSPS) is 11.4. The van der Waals surface area contributed by atoms with Gasteiger partial charge in [0.25, 0.3) is 11.8 Å². The number of furan rings is 1. The predicted octanol–water partition coefficient (Wildman–Crippen LogP) is 2.92. The van der Waals surface area contributed by atoms with Gasteiger partial charge in [-0.2, -0.15) is 0 Å². The Labute approximate surface area is 174 Å². The van der Waals surface area contributed by atoms with Gasteiger partial charge in [-0.15, -0.1) is 0 Å². The summed E-state index contributed by atoms with van der Waals surface area (Å²) in [6, 6.07) is 20.3. The number of amides is 2. The SMILES string of the molecule is C[C@@H](OC(=O)CNC(=O)c1ccc(-c2ccccc2)cc1)C(=O)NCc1ccco1. The van der Waals surface area contributed by atoms with Crippen molar-refractivity contribution >= 4 is 17.8 Å². The summed E-state index contributed by atoms with van der Waals surface area (Å²) in [5.74, 6) is -0.971. The van der Waals surface area contributed by atoms with Crippen molar-refractivity contribution in [3.63, 3.8) is 0 Å². The Morgan fingerprint density at radius 1 is 0.900 bits per heavy atom. The second-order valence-electron chi connectivity index (χ2n) is 6.56. The molecule has 2 aromatic carbocycles. The van der Waals surface area contributed by atoms with Crippen molar-refractivity contribution in [2.75, 3.05) is 6.54 Å². The number of benzene rings is 2. The Kier molecular flexibility index (Phi) is 7.00. The van der Waals surface area contributed by atoms with Crippen LogP contribution in [-0.2, 0) is 20.9 Å². The van der Waals surface area contributed by atoms with E-state index in [0.717, 1.165) is 11.1 Å². The van der Waals surface area contributed by atoms with Crippen LogP contribution in [0.15, 0.2) is 77.4 Å². The standard InChI is InChI=1S/C23H22N2O5/c1-16(22(27)24-14-20-8-5-13-29-20)30-21(26)15-25-23(28)19-11-9-18(10-12-19)17-6-3-2-4-7-17/h2-13,16H,14-15H2,1H3,(H,24,27)(H,25,28)/t16-/m1/s1. The van der Waals surface area contributed by atoms with Gasteiger partial charge in [-0.25, -0.2) is 0 Å². The topological polar surface area (TPSA) is 97.6 Å². The van der Waals surface area contributed by atoms with E-state index in [4.69, 9.17) is 9.15 Å². The average Bonchev–Trinajstić information content (AvgIpc) is 3.30. The third-order valence-corrected chi connectivity index (χ3v) is 4.34. The number of hydrogen-bond donors (Lipinski definition) is 2. The van der Waals surface area contributed by atoms with Gasteiger partial charge in [-0.1, -0.05) is 42.5 Å². The molecule has 2 amide bonds. The monoisotopic (exact) mass is 406 g/mol. The molecular weight excluding hydrogens is 384 g/mol. The molecule has 3 aromatic rings. The lowest BCUT2D eigenvalue weighted by Crippen LogP contribution is -2.38. The number of nitrogens with one attached hydrogen (secondary N) is 2. The molecule has 0 saturated carbocycles. The summed E-state index contributed by atoms with van der Waals surface area (Å²) < 4.78 is 10.2. The molecule has 0 aliphatic heterocycles. The third kappa shape index (κ3) is 5.81. The van der Waals surface area contributed by atoms with Gasteiger partial charge in [0.1, 0.15) is 12.3 Å². The summed E-state index contributed by atoms with van der Waals surface area (Å²) in [7, 11) is 0. The molecule has 1 heterocycles. The van der Waals surface area contributed by atoms with Crippen LogP contribution in [0.25, 0.3) is 11.1 Å². The largest absolute Gasteiger partial charge is 0.467 e. The summed E-state index contributed by atoms with van der Waals surface area (Å²) in [5, 5.41) is 5.10. The molecule has 1 atom stereocenters. The highest BCUT2D eigenvalue weighted by Crippen LogP contribution is 2.19. The fourth-order valence-corrected chi connectivity index (χ4v) is 2.72. The van der Waals surface area contributed by atoms with Gasteiger partial charge >= 0.3 is 5.97 Å². The summed E-state index contributed by atoms with van der Waals surface area (Å²) >= 11 is 0. The lowest BCUT2D eigenvalue weighted by atomic mass is 10.0. The third-order valence-electron chi connectivity index (χ3n) is 4.34. The fraction of sp³-hybridized carbons (Fsp3) is 0.174. The highest BCUT2D eigenvalue weighted by Gasteiger charge is 2.18. The molecule has 7 nitrogen and oxygen atoms in total. The van der Waals surface area contributed by atoms with Crippen molar-refractivity contribution in [1.82, 2.24) is 10.6 Å². The van der Waals surface area contributed by atoms with Crippen LogP contribution in [0.4, 0.5) is 0 Å². The predicted molar refractivity (Wildman–Crippen MR) is 110 cm³/mol. The van der Waals surface area contributed by atoms with Crippen LogP contribution in [0.2, 0.25) is 0 Å². The van der Waals surface area contributed by atoms with E-state index in [1.54, 1.807) is 24.3 Å². The van der Waals surface area contributed by atoms with Crippen LogP contribution >= 0.6 is 0 Å². The lowest BCUT2D eigenvalue weighted by Gasteiger charge is -2.13. The molecule has 0 bridgehead atoms. The molecule has 0 aliphatic carbocycles. The molecule has 0 radical (unpaired) electrons. The zero-order valence-corrected chi connectivity index (χ0v) is 16.5. The van der Waals surface area contributed by atoms with Crippen molar-refractivity contribution in [2.24, 2.45) is 0 Å². The van der Waals surface area contributed by atoms with Crippen LogP contribution in [0.3, 0.4) is 0 Å². The van der Waals surface area contributed by atoms with E-state index >= 15 is 0 Å². The maximum absolute atomic E-state index is 12.2. The van der Waals surface area contributed by atoms with E-state index in [1.807, 2.05) is 42.5 Å². The minimum absolute atomic E-state index is 0.198. The molecular formula is C23H22N2O5. The highest BCUT2D eigenvalue weighted by molar-refractivity contribution is 5.96. The minimum atomic E-state index is -0.991. The first-order valence-corrected chi connectivity index (χ1v) is 9.46. The number of hydrogen-bond acceptors (Lipinski definition) is 5. The minimum Gasteiger partial charge on any atom is -0.467 e. The average molecular weight is 406 g/mol. The zero-order valence-electron chi connectivity index (χ0n) is 16.5. The Hall–Kier alpha value is -3.87. The first-order chi connectivity index (χ1) is 14.5. The van der Waals surface area contributed by atoms with Crippen LogP contribution in [0, 0.1) is 0 Å². The first-order valence-electron chi connectivity index (χ1n) is 9.46. The van der Waals surface area contributed by atoms with Gasteiger partial charge in [0.2, 0.25) is 0 Å². The van der Waals surface area contributed by atoms with E-state index in [9.17, 15) is 14.4 Å². The fourth-order valence-electron chi connectivity index (χ4n) is 2.72. The molecule has 154 valence electrons. The molecule has 7 heteroatoms. The Balaban J connectivity index is 1.43. The summed E-state index contributed by atoms with van der Waals surface area (Å²) in [6.45, 7) is 1.32. The quantitative estimate of drug-likeness (QED) is 0.561. The van der Waals surface area contributed by atoms with E-state index in [0.29, 0.717) is 11.3 Å². The Bertz CT molecular complexity index is 982. The summed E-state index contributed by atoms with van der Waals surface area (Å²) in [5.41, 5.74) is 2.46. The van der Waals surface area contributed by atoms with E-state index in [-0.39, 0.29) is 13.1 Å². The Morgan fingerprint density at radius 3 is 2.27 bits per heavy atom. The van der Waals surface area contributed by atoms with Crippen LogP contribution < -0.4 is 10.6 Å². The van der Waals surface area contributed by atoms with Crippen molar-refractivity contribution in [3.8, 4) is 11.1 Å². The lowest BCUT2D eigenvalue weighted by molar-refractivity contribution is -0.153. The number of esters is 1. The van der Waals surface area contributed by atoms with Crippen LogP contribution in [-0.4, -0.2) is 30.4 Å². The highest BCUT2D eigenvalue weighted by atomic mass is 16.5. The number of carbonyl (C=O) groups excluding carboxylic acids is 3. The smallest absolute Gasteiger partial charge is 0.326 e. The molecule has 0 saturated heterocycles. The van der Waals surface area contributed by atoms with Gasteiger partial charge in [0, 0.05) is 5.56 Å². The second kappa shape index (κ2) is 10.1. The number of rotatable bonds is 8. The second-order valence-corrected chi connectivity index (χ2v) is 6.56. The van der Waals surface area contributed by atoms with Crippen LogP contribution in [0.5, 0.6) is 0 Å². The maximum atomic E-state index is 12.2. The Morgan fingerprint density at radius 2 is 1.60 bits per heavy atom. The van der Waals surface area contributed by atoms with Crippen molar-refractivity contribution < 1.29 is 23.5 Å². The van der Waals surface area contributed by atoms with E-state index in [2.05, 4.69) is 10.6 Å². The summed E-state index contributed by atoms with van der Waals surface area (Å²) in [4.78, 5) is 36.1. The summed E-state index contributed by atoms with van der Waals surface area (Å²) in [6.07, 6.45) is 0.512. The van der Waals surface area contributed by atoms with Gasteiger partial charge in [0.05, 0.1) is 12.8 Å². The van der Waals surface area contributed by atoms with Crippen molar-refractivity contribution in [2.45, 2.75) is 19.6 Å². The van der Waals surface area contributed by atoms with Gasteiger partial charge in [0.15, 0.2) is 6.10 Å². The van der Waals surface area contributed by atoms with Crippen LogP contribution in [0.1, 0.15) is 23.0 Å². The number of ether oxygens (including phenoxy) is 1. The maximum Gasteiger partial charge on any atom is 0.326 e. The zero-order chi connectivity index (χ0) is 21.3. The van der Waals surface area contributed by atoms with Crippen molar-refractivity contribution in [1.29, 1.82) is 0 Å². The molecule has 0 spiro atoms. The molecule has 2 N–H and O–H groups in total. The molecule has 0 unspecified atom stereocenters. The first kappa shape index (κ1) is 20.9. The van der Waals surface area contributed by atoms with Gasteiger partial charge in [-0.05, 0) is 42.3 Å². The molecule has 3 rings (SSSR count). The van der Waals surface area contributed by atoms with Crippen molar-refractivity contribution in [3.05, 3.63) is 84.3 Å². The van der Waals surface area contributed by atoms with Gasteiger partial charge in [-0.3, -0.25) is 14.4 Å². The molecule has 0 fully saturated rings. The van der Waals surface area contributed by atoms with E-state index < -0.39 is 23.9 Å². The molecule has 0 aliphatic rings. The molecule has 1 aromatic heterocycles.